The number of hydrogen-bond acceptors (Lipinski definition) is 3. The molecule has 1 unspecified atom stereocenters. The molecular weight excluding hydrogens is 302 g/mol. The van der Waals surface area contributed by atoms with Gasteiger partial charge >= 0.3 is 0 Å². The summed E-state index contributed by atoms with van der Waals surface area (Å²) in [5.41, 5.74) is 7.99. The number of hydrogen-bond donors (Lipinski definition) is 2. The Morgan fingerprint density at radius 1 is 1.08 bits per heavy atom. The number of benzene rings is 2. The Morgan fingerprint density at radius 2 is 1.75 bits per heavy atom. The molecule has 126 valence electrons. The fourth-order valence-corrected chi connectivity index (χ4v) is 2.28. The maximum absolute atomic E-state index is 12.3. The molecule has 3 N–H and O–H groups in total. The molecule has 5 nitrogen and oxygen atoms in total. The molecular formula is C19H23N3O2. The van der Waals surface area contributed by atoms with E-state index in [0.717, 1.165) is 5.56 Å². The summed E-state index contributed by atoms with van der Waals surface area (Å²) in [6.45, 7) is 2.84. The fourth-order valence-electron chi connectivity index (χ4n) is 2.28. The molecule has 0 aliphatic carbocycles. The Hall–Kier alpha value is -2.66. The van der Waals surface area contributed by atoms with Gasteiger partial charge in [-0.05, 0) is 30.7 Å². The van der Waals surface area contributed by atoms with Crippen LogP contribution >= 0.6 is 0 Å². The minimum absolute atomic E-state index is 0.104. The van der Waals surface area contributed by atoms with Gasteiger partial charge in [-0.1, -0.05) is 36.4 Å². The maximum Gasteiger partial charge on any atom is 0.253 e. The van der Waals surface area contributed by atoms with E-state index in [1.165, 1.54) is 0 Å². The summed E-state index contributed by atoms with van der Waals surface area (Å²) in [6.07, 6.45) is 0. The van der Waals surface area contributed by atoms with Crippen molar-refractivity contribution >= 4 is 11.8 Å². The zero-order chi connectivity index (χ0) is 17.5. The number of nitrogens with one attached hydrogen (secondary N) is 1. The van der Waals surface area contributed by atoms with E-state index in [2.05, 4.69) is 5.32 Å². The highest BCUT2D eigenvalue weighted by Gasteiger charge is 2.14. The predicted molar refractivity (Wildman–Crippen MR) is 94.8 cm³/mol. The van der Waals surface area contributed by atoms with Gasteiger partial charge in [0.2, 0.25) is 0 Å². The van der Waals surface area contributed by atoms with Gasteiger partial charge in [0.15, 0.2) is 0 Å². The van der Waals surface area contributed by atoms with Gasteiger partial charge in [0.1, 0.15) is 0 Å². The van der Waals surface area contributed by atoms with Crippen molar-refractivity contribution in [2.75, 3.05) is 20.1 Å². The predicted octanol–water partition coefficient (Wildman–Crippen LogP) is 2.21. The average molecular weight is 325 g/mol. The van der Waals surface area contributed by atoms with Crippen molar-refractivity contribution < 1.29 is 9.59 Å². The second-order valence-corrected chi connectivity index (χ2v) is 5.63. The van der Waals surface area contributed by atoms with Crippen molar-refractivity contribution in [3.8, 4) is 0 Å². The van der Waals surface area contributed by atoms with E-state index in [0.29, 0.717) is 24.2 Å². The van der Waals surface area contributed by atoms with Crippen molar-refractivity contribution in [3.63, 3.8) is 0 Å². The Morgan fingerprint density at radius 3 is 2.42 bits per heavy atom. The summed E-state index contributed by atoms with van der Waals surface area (Å²) in [7, 11) is 1.73. The fraction of sp³-hybridized carbons (Fsp3) is 0.263. The normalized spacial score (nSPS) is 11.6. The maximum atomic E-state index is 12.3. The number of carbonyl (C=O) groups is 2. The summed E-state index contributed by atoms with van der Waals surface area (Å²) in [5.74, 6) is -0.344. The van der Waals surface area contributed by atoms with Gasteiger partial charge in [0, 0.05) is 37.3 Å². The van der Waals surface area contributed by atoms with Gasteiger partial charge in [-0.2, -0.15) is 0 Å². The molecule has 0 aliphatic heterocycles. The smallest absolute Gasteiger partial charge is 0.253 e. The lowest BCUT2D eigenvalue weighted by molar-refractivity contribution is 0.0802. The van der Waals surface area contributed by atoms with Gasteiger partial charge in [-0.25, -0.2) is 0 Å². The van der Waals surface area contributed by atoms with Crippen LogP contribution in [0.3, 0.4) is 0 Å². The quantitative estimate of drug-likeness (QED) is 0.855. The standard InChI is InChI=1S/C19H23N3O2/c1-3-22(2)19(24)16-11-7-10-15(12-16)18(23)21-13-17(20)14-8-5-4-6-9-14/h4-12,17H,3,13,20H2,1-2H3,(H,21,23). The molecule has 0 saturated heterocycles. The summed E-state index contributed by atoms with van der Waals surface area (Å²) in [6, 6.07) is 16.0. The van der Waals surface area contributed by atoms with Crippen LogP contribution in [0.25, 0.3) is 0 Å². The zero-order valence-corrected chi connectivity index (χ0v) is 14.0. The topological polar surface area (TPSA) is 75.4 Å². The highest BCUT2D eigenvalue weighted by atomic mass is 16.2. The molecule has 1 atom stereocenters. The van der Waals surface area contributed by atoms with Crippen LogP contribution in [0.2, 0.25) is 0 Å². The van der Waals surface area contributed by atoms with Gasteiger partial charge in [-0.3, -0.25) is 9.59 Å². The van der Waals surface area contributed by atoms with Crippen LogP contribution in [-0.4, -0.2) is 36.9 Å². The summed E-state index contributed by atoms with van der Waals surface area (Å²) >= 11 is 0. The minimum Gasteiger partial charge on any atom is -0.350 e. The number of carbonyl (C=O) groups excluding carboxylic acids is 2. The van der Waals surface area contributed by atoms with Crippen LogP contribution in [0.1, 0.15) is 39.2 Å². The van der Waals surface area contributed by atoms with Crippen molar-refractivity contribution in [2.45, 2.75) is 13.0 Å². The second-order valence-electron chi connectivity index (χ2n) is 5.63. The van der Waals surface area contributed by atoms with Gasteiger partial charge < -0.3 is 16.0 Å². The first-order chi connectivity index (χ1) is 11.5. The third-order valence-electron chi connectivity index (χ3n) is 3.90. The molecule has 2 aromatic carbocycles. The molecule has 0 aromatic heterocycles. The SMILES string of the molecule is CCN(C)C(=O)c1cccc(C(=O)NCC(N)c2ccccc2)c1. The average Bonchev–Trinajstić information content (AvgIpc) is 2.65. The monoisotopic (exact) mass is 325 g/mol. The first-order valence-corrected chi connectivity index (χ1v) is 7.97. The van der Waals surface area contributed by atoms with E-state index in [1.807, 2.05) is 37.3 Å². The number of rotatable bonds is 6. The van der Waals surface area contributed by atoms with E-state index in [9.17, 15) is 9.59 Å². The van der Waals surface area contributed by atoms with Gasteiger partial charge in [-0.15, -0.1) is 0 Å². The van der Waals surface area contributed by atoms with Crippen molar-refractivity contribution in [2.24, 2.45) is 5.73 Å². The molecule has 0 radical (unpaired) electrons. The van der Waals surface area contributed by atoms with E-state index in [1.54, 1.807) is 36.2 Å². The Kier molecular flexibility index (Phi) is 6.09. The molecule has 0 heterocycles. The van der Waals surface area contributed by atoms with E-state index in [-0.39, 0.29) is 17.9 Å². The molecule has 2 aromatic rings. The van der Waals surface area contributed by atoms with E-state index in [4.69, 9.17) is 5.73 Å². The summed E-state index contributed by atoms with van der Waals surface area (Å²) in [4.78, 5) is 26.1. The number of amides is 2. The van der Waals surface area contributed by atoms with Crippen LogP contribution in [0, 0.1) is 0 Å². The van der Waals surface area contributed by atoms with Gasteiger partial charge in [0.25, 0.3) is 11.8 Å². The number of nitrogens with zero attached hydrogens (tertiary/aromatic N) is 1. The lowest BCUT2D eigenvalue weighted by atomic mass is 10.1. The third-order valence-corrected chi connectivity index (χ3v) is 3.90. The highest BCUT2D eigenvalue weighted by Crippen LogP contribution is 2.10. The zero-order valence-electron chi connectivity index (χ0n) is 14.0. The Balaban J connectivity index is 2.01. The van der Waals surface area contributed by atoms with Crippen molar-refractivity contribution in [1.82, 2.24) is 10.2 Å². The molecule has 2 amide bonds. The van der Waals surface area contributed by atoms with E-state index < -0.39 is 0 Å². The first kappa shape index (κ1) is 17.7. The lowest BCUT2D eigenvalue weighted by Gasteiger charge is -2.15. The summed E-state index contributed by atoms with van der Waals surface area (Å²) in [5, 5.41) is 2.82. The molecule has 0 bridgehead atoms. The van der Waals surface area contributed by atoms with Gasteiger partial charge in [0.05, 0.1) is 0 Å². The largest absolute Gasteiger partial charge is 0.350 e. The van der Waals surface area contributed by atoms with Crippen LogP contribution < -0.4 is 11.1 Å². The van der Waals surface area contributed by atoms with E-state index >= 15 is 0 Å². The molecule has 5 heteroatoms. The van der Waals surface area contributed by atoms with Crippen LogP contribution in [0.5, 0.6) is 0 Å². The minimum atomic E-state index is -0.272. The molecule has 0 saturated carbocycles. The molecule has 0 aliphatic rings. The van der Waals surface area contributed by atoms with Crippen molar-refractivity contribution in [3.05, 3.63) is 71.3 Å². The molecule has 0 fully saturated rings. The Bertz CT molecular complexity index is 701. The van der Waals surface area contributed by atoms with Crippen LogP contribution in [0.15, 0.2) is 54.6 Å². The first-order valence-electron chi connectivity index (χ1n) is 7.97. The number of nitrogens with two attached hydrogens (primary N) is 1. The molecule has 2 rings (SSSR count). The molecule has 0 spiro atoms. The molecule has 24 heavy (non-hydrogen) atoms. The second kappa shape index (κ2) is 8.26. The van der Waals surface area contributed by atoms with Crippen molar-refractivity contribution in [1.29, 1.82) is 0 Å². The van der Waals surface area contributed by atoms with Crippen LogP contribution in [-0.2, 0) is 0 Å². The Labute approximate surface area is 142 Å². The highest BCUT2D eigenvalue weighted by molar-refractivity contribution is 5.99. The van der Waals surface area contributed by atoms with Crippen LogP contribution in [0.4, 0.5) is 0 Å². The third kappa shape index (κ3) is 4.43. The lowest BCUT2D eigenvalue weighted by Crippen LogP contribution is -2.32. The summed E-state index contributed by atoms with van der Waals surface area (Å²) < 4.78 is 0.